The Bertz CT molecular complexity index is 387. The van der Waals surface area contributed by atoms with Crippen molar-refractivity contribution in [2.24, 2.45) is 5.92 Å². The molecule has 0 saturated heterocycles. The summed E-state index contributed by atoms with van der Waals surface area (Å²) in [4.78, 5) is 0. The van der Waals surface area contributed by atoms with Crippen LogP contribution in [0.1, 0.15) is 17.9 Å². The van der Waals surface area contributed by atoms with Gasteiger partial charge in [-0.25, -0.2) is 0 Å². The number of aliphatic hydroxyl groups excluding tert-OH is 1. The van der Waals surface area contributed by atoms with Gasteiger partial charge in [-0.2, -0.15) is 0 Å². The molecule has 1 nitrogen and oxygen atoms in total. The van der Waals surface area contributed by atoms with Crippen molar-refractivity contribution in [2.75, 3.05) is 6.61 Å². The SMILES string of the molecule is OCC=C[C@@H]1C[C@H]1c1ccc(Cl)c(Cl)c1. The number of hydrogen-bond acceptors (Lipinski definition) is 1. The fraction of sp³-hybridized carbons (Fsp3) is 0.333. The molecular weight excluding hydrogens is 231 g/mol. The van der Waals surface area contributed by atoms with Gasteiger partial charge in [0, 0.05) is 0 Å². The van der Waals surface area contributed by atoms with Gasteiger partial charge in [0.25, 0.3) is 0 Å². The van der Waals surface area contributed by atoms with Crippen LogP contribution in [0, 0.1) is 5.92 Å². The molecule has 0 heterocycles. The molecule has 0 bridgehead atoms. The van der Waals surface area contributed by atoms with Gasteiger partial charge in [-0.1, -0.05) is 41.4 Å². The van der Waals surface area contributed by atoms with Crippen molar-refractivity contribution in [3.63, 3.8) is 0 Å². The van der Waals surface area contributed by atoms with Gasteiger partial charge in [-0.05, 0) is 36.0 Å². The van der Waals surface area contributed by atoms with Crippen LogP contribution in [0.2, 0.25) is 10.0 Å². The predicted molar refractivity (Wildman–Crippen MR) is 63.5 cm³/mol. The van der Waals surface area contributed by atoms with Gasteiger partial charge in [-0.15, -0.1) is 0 Å². The van der Waals surface area contributed by atoms with E-state index in [-0.39, 0.29) is 6.61 Å². The maximum Gasteiger partial charge on any atom is 0.0612 e. The second-order valence-corrected chi connectivity index (χ2v) is 4.60. The van der Waals surface area contributed by atoms with Gasteiger partial charge in [-0.3, -0.25) is 0 Å². The summed E-state index contributed by atoms with van der Waals surface area (Å²) in [5, 5.41) is 9.87. The average molecular weight is 243 g/mol. The molecule has 0 radical (unpaired) electrons. The summed E-state index contributed by atoms with van der Waals surface area (Å²) < 4.78 is 0. The van der Waals surface area contributed by atoms with Crippen molar-refractivity contribution in [2.45, 2.75) is 12.3 Å². The highest BCUT2D eigenvalue weighted by Gasteiger charge is 2.36. The Morgan fingerprint density at radius 2 is 2.13 bits per heavy atom. The molecule has 2 atom stereocenters. The monoisotopic (exact) mass is 242 g/mol. The Labute approximate surface area is 99.3 Å². The minimum atomic E-state index is 0.116. The Kier molecular flexibility index (Phi) is 3.35. The second-order valence-electron chi connectivity index (χ2n) is 3.79. The van der Waals surface area contributed by atoms with Gasteiger partial charge in [0.05, 0.1) is 16.7 Å². The highest BCUT2D eigenvalue weighted by Crippen LogP contribution is 2.49. The molecule has 0 unspecified atom stereocenters. The minimum absolute atomic E-state index is 0.116. The zero-order valence-corrected chi connectivity index (χ0v) is 9.67. The van der Waals surface area contributed by atoms with Crippen LogP contribution < -0.4 is 0 Å². The van der Waals surface area contributed by atoms with Crippen molar-refractivity contribution in [1.29, 1.82) is 0 Å². The predicted octanol–water partition coefficient (Wildman–Crippen LogP) is 3.65. The lowest BCUT2D eigenvalue weighted by Crippen LogP contribution is -1.82. The smallest absolute Gasteiger partial charge is 0.0612 e. The van der Waals surface area contributed by atoms with Crippen LogP contribution in [-0.2, 0) is 0 Å². The molecule has 0 aromatic heterocycles. The lowest BCUT2D eigenvalue weighted by Gasteiger charge is -2.00. The van der Waals surface area contributed by atoms with Crippen LogP contribution in [0.3, 0.4) is 0 Å². The molecule has 1 aromatic carbocycles. The van der Waals surface area contributed by atoms with Crippen LogP contribution in [0.4, 0.5) is 0 Å². The first-order chi connectivity index (χ1) is 7.22. The Morgan fingerprint density at radius 3 is 2.80 bits per heavy atom. The lowest BCUT2D eigenvalue weighted by molar-refractivity contribution is 0.342. The number of halogens is 2. The standard InChI is InChI=1S/C12H12Cl2O/c13-11-4-3-9(7-12(11)14)10-6-8(10)2-1-5-15/h1-4,7-8,10,15H,5-6H2/t8-,10-/m1/s1. The Balaban J connectivity index is 2.07. The summed E-state index contributed by atoms with van der Waals surface area (Å²) in [5.74, 6) is 1.09. The quantitative estimate of drug-likeness (QED) is 0.803. The maximum atomic E-state index is 8.65. The normalized spacial score (nSPS) is 24.7. The van der Waals surface area contributed by atoms with Crippen LogP contribution >= 0.6 is 23.2 Å². The first kappa shape index (κ1) is 11.0. The summed E-state index contributed by atoms with van der Waals surface area (Å²) in [6, 6.07) is 5.79. The first-order valence-electron chi connectivity index (χ1n) is 4.95. The third-order valence-electron chi connectivity index (χ3n) is 2.70. The summed E-state index contributed by atoms with van der Waals surface area (Å²) in [6.07, 6.45) is 4.99. The van der Waals surface area contributed by atoms with E-state index in [4.69, 9.17) is 28.3 Å². The molecule has 1 aromatic rings. The average Bonchev–Trinajstić information content (AvgIpc) is 2.98. The van der Waals surface area contributed by atoms with Crippen LogP contribution in [0.5, 0.6) is 0 Å². The van der Waals surface area contributed by atoms with Crippen molar-refractivity contribution in [3.05, 3.63) is 46.0 Å². The molecule has 1 N–H and O–H groups in total. The van der Waals surface area contributed by atoms with E-state index in [2.05, 4.69) is 6.08 Å². The van der Waals surface area contributed by atoms with E-state index in [1.807, 2.05) is 18.2 Å². The van der Waals surface area contributed by atoms with Crippen LogP contribution in [0.25, 0.3) is 0 Å². The highest BCUT2D eigenvalue weighted by atomic mass is 35.5. The molecular formula is C12H12Cl2O. The van der Waals surface area contributed by atoms with E-state index < -0.39 is 0 Å². The number of benzene rings is 1. The lowest BCUT2D eigenvalue weighted by atomic mass is 10.1. The van der Waals surface area contributed by atoms with Gasteiger partial charge in [0.2, 0.25) is 0 Å². The molecule has 0 amide bonds. The third kappa shape index (κ3) is 2.54. The topological polar surface area (TPSA) is 20.2 Å². The molecule has 1 saturated carbocycles. The molecule has 80 valence electrons. The van der Waals surface area contributed by atoms with E-state index in [0.29, 0.717) is 21.9 Å². The first-order valence-corrected chi connectivity index (χ1v) is 5.70. The Hall–Kier alpha value is -0.500. The summed E-state index contributed by atoms with van der Waals surface area (Å²) in [7, 11) is 0. The number of rotatable bonds is 3. The summed E-state index contributed by atoms with van der Waals surface area (Å²) in [6.45, 7) is 0.116. The molecule has 1 aliphatic rings. The van der Waals surface area contributed by atoms with Crippen molar-refractivity contribution >= 4 is 23.2 Å². The molecule has 1 fully saturated rings. The van der Waals surface area contributed by atoms with E-state index in [1.165, 1.54) is 5.56 Å². The molecule has 0 aliphatic heterocycles. The molecule has 2 rings (SSSR count). The summed E-state index contributed by atoms with van der Waals surface area (Å²) in [5.41, 5.74) is 1.23. The Morgan fingerprint density at radius 1 is 1.33 bits per heavy atom. The van der Waals surface area contributed by atoms with Crippen molar-refractivity contribution in [3.8, 4) is 0 Å². The molecule has 1 aliphatic carbocycles. The summed E-state index contributed by atoms with van der Waals surface area (Å²) >= 11 is 11.8. The number of allylic oxidation sites excluding steroid dienone is 1. The number of hydrogen-bond donors (Lipinski definition) is 1. The van der Waals surface area contributed by atoms with E-state index in [9.17, 15) is 0 Å². The largest absolute Gasteiger partial charge is 0.392 e. The van der Waals surface area contributed by atoms with Gasteiger partial charge in [0.15, 0.2) is 0 Å². The fourth-order valence-corrected chi connectivity index (χ4v) is 2.10. The minimum Gasteiger partial charge on any atom is -0.392 e. The van der Waals surface area contributed by atoms with Crippen LogP contribution in [0.15, 0.2) is 30.4 Å². The van der Waals surface area contributed by atoms with Crippen molar-refractivity contribution < 1.29 is 5.11 Å². The molecule has 0 spiro atoms. The second kappa shape index (κ2) is 4.56. The fourth-order valence-electron chi connectivity index (χ4n) is 1.79. The van der Waals surface area contributed by atoms with E-state index in [0.717, 1.165) is 6.42 Å². The molecule has 3 heteroatoms. The third-order valence-corrected chi connectivity index (χ3v) is 3.44. The van der Waals surface area contributed by atoms with Gasteiger partial charge < -0.3 is 5.11 Å². The maximum absolute atomic E-state index is 8.65. The zero-order valence-electron chi connectivity index (χ0n) is 8.16. The number of aliphatic hydroxyl groups is 1. The van der Waals surface area contributed by atoms with E-state index in [1.54, 1.807) is 6.08 Å². The molecule has 15 heavy (non-hydrogen) atoms. The van der Waals surface area contributed by atoms with Crippen LogP contribution in [-0.4, -0.2) is 11.7 Å². The highest BCUT2D eigenvalue weighted by molar-refractivity contribution is 6.42. The zero-order chi connectivity index (χ0) is 10.8. The van der Waals surface area contributed by atoms with Gasteiger partial charge in [0.1, 0.15) is 0 Å². The van der Waals surface area contributed by atoms with E-state index >= 15 is 0 Å². The van der Waals surface area contributed by atoms with Crippen molar-refractivity contribution in [1.82, 2.24) is 0 Å². The van der Waals surface area contributed by atoms with Gasteiger partial charge >= 0.3 is 0 Å².